The standard InChI is InChI=1S/C19H36O7S.Na/c1-3-5-7-8-9-10-11-13-14-25-18(20)16-17(27(22,23)24)19(21)26-15-12-6-4-2;/h17H,3-16H2,1-2H3,(H,22,23,24);. The van der Waals surface area contributed by atoms with E-state index in [9.17, 15) is 22.6 Å². The van der Waals surface area contributed by atoms with Gasteiger partial charge in [-0.15, -0.1) is 0 Å². The average molecular weight is 432 g/mol. The Kier molecular flexibility index (Phi) is 20.2. The summed E-state index contributed by atoms with van der Waals surface area (Å²) in [5.74, 6) is -1.94. The Morgan fingerprint density at radius 1 is 0.786 bits per heavy atom. The van der Waals surface area contributed by atoms with Gasteiger partial charge in [-0.1, -0.05) is 71.6 Å². The van der Waals surface area contributed by atoms with Gasteiger partial charge in [-0.25, -0.2) is 0 Å². The van der Waals surface area contributed by atoms with Gasteiger partial charge in [0.05, 0.1) is 19.6 Å². The molecule has 0 aliphatic carbocycles. The summed E-state index contributed by atoms with van der Waals surface area (Å²) in [6.45, 7) is 4.39. The van der Waals surface area contributed by atoms with Crippen LogP contribution in [-0.2, 0) is 29.2 Å². The Morgan fingerprint density at radius 3 is 1.75 bits per heavy atom. The fourth-order valence-corrected chi connectivity index (χ4v) is 3.22. The largest absolute Gasteiger partial charge is 0.466 e. The Bertz CT molecular complexity index is 508. The molecule has 28 heavy (non-hydrogen) atoms. The van der Waals surface area contributed by atoms with Gasteiger partial charge in [0.25, 0.3) is 10.1 Å². The average Bonchev–Trinajstić information content (AvgIpc) is 2.60. The SMILES string of the molecule is CCCCCCCCCCOC(=O)CC(C(=O)OCCCCC)S(=O)(=O)O.[Na]. The van der Waals surface area contributed by atoms with Gasteiger partial charge >= 0.3 is 11.9 Å². The van der Waals surface area contributed by atoms with Crippen molar-refractivity contribution in [2.45, 2.75) is 96.1 Å². The summed E-state index contributed by atoms with van der Waals surface area (Å²) < 4.78 is 41.8. The molecule has 9 heteroatoms. The van der Waals surface area contributed by atoms with Crippen LogP contribution in [0.1, 0.15) is 90.9 Å². The monoisotopic (exact) mass is 431 g/mol. The van der Waals surface area contributed by atoms with E-state index in [-0.39, 0.29) is 42.8 Å². The minimum atomic E-state index is -4.73. The van der Waals surface area contributed by atoms with Gasteiger partial charge in [-0.3, -0.25) is 14.1 Å². The molecular formula is C19H36NaO7S. The summed E-state index contributed by atoms with van der Waals surface area (Å²) in [4.78, 5) is 23.6. The summed E-state index contributed by atoms with van der Waals surface area (Å²) in [6, 6.07) is 0. The molecule has 1 unspecified atom stereocenters. The van der Waals surface area contributed by atoms with Gasteiger partial charge in [0.15, 0.2) is 5.25 Å². The summed E-state index contributed by atoms with van der Waals surface area (Å²) in [6.07, 6.45) is 10.4. The molecule has 0 aromatic carbocycles. The van der Waals surface area contributed by atoms with Gasteiger partial charge in [-0.05, 0) is 12.8 Å². The predicted octanol–water partition coefficient (Wildman–Crippen LogP) is 3.67. The van der Waals surface area contributed by atoms with E-state index in [4.69, 9.17) is 9.47 Å². The fraction of sp³-hybridized carbons (Fsp3) is 0.895. The van der Waals surface area contributed by atoms with Crippen LogP contribution in [0.4, 0.5) is 0 Å². The molecule has 0 amide bonds. The first-order valence-electron chi connectivity index (χ1n) is 10.1. The van der Waals surface area contributed by atoms with Crippen LogP contribution in [0.2, 0.25) is 0 Å². The van der Waals surface area contributed by atoms with Crippen molar-refractivity contribution in [3.05, 3.63) is 0 Å². The first-order valence-corrected chi connectivity index (χ1v) is 11.6. The molecule has 0 aliphatic heterocycles. The number of hydrogen-bond donors (Lipinski definition) is 1. The second-order valence-electron chi connectivity index (χ2n) is 6.78. The molecule has 0 heterocycles. The number of ether oxygens (including phenoxy) is 2. The Labute approximate surface area is 192 Å². The van der Waals surface area contributed by atoms with E-state index in [2.05, 4.69) is 6.92 Å². The molecule has 0 spiro atoms. The Morgan fingerprint density at radius 2 is 1.21 bits per heavy atom. The smallest absolute Gasteiger partial charge is 0.327 e. The second kappa shape index (κ2) is 18.9. The van der Waals surface area contributed by atoms with Crippen molar-refractivity contribution in [1.29, 1.82) is 0 Å². The number of unbranched alkanes of at least 4 members (excludes halogenated alkanes) is 9. The van der Waals surface area contributed by atoms with E-state index in [0.29, 0.717) is 12.8 Å². The summed E-state index contributed by atoms with van der Waals surface area (Å²) in [7, 11) is -4.73. The van der Waals surface area contributed by atoms with Crippen molar-refractivity contribution in [3.63, 3.8) is 0 Å². The van der Waals surface area contributed by atoms with Crippen molar-refractivity contribution in [3.8, 4) is 0 Å². The molecule has 161 valence electrons. The van der Waals surface area contributed by atoms with E-state index < -0.39 is 33.7 Å². The van der Waals surface area contributed by atoms with E-state index in [0.717, 1.165) is 32.1 Å². The van der Waals surface area contributed by atoms with E-state index in [1.807, 2.05) is 6.92 Å². The molecule has 0 saturated carbocycles. The van der Waals surface area contributed by atoms with Gasteiger partial charge in [-0.2, -0.15) is 8.42 Å². The van der Waals surface area contributed by atoms with E-state index >= 15 is 0 Å². The van der Waals surface area contributed by atoms with Crippen LogP contribution in [-0.4, -0.2) is 72.9 Å². The summed E-state index contributed by atoms with van der Waals surface area (Å²) >= 11 is 0. The van der Waals surface area contributed by atoms with Crippen molar-refractivity contribution in [2.75, 3.05) is 13.2 Å². The third-order valence-electron chi connectivity index (χ3n) is 4.23. The molecule has 0 rings (SSSR count). The fourth-order valence-electron chi connectivity index (χ4n) is 2.56. The molecule has 0 aromatic heterocycles. The molecule has 0 fully saturated rings. The third-order valence-corrected chi connectivity index (χ3v) is 5.31. The van der Waals surface area contributed by atoms with Crippen LogP contribution in [0.3, 0.4) is 0 Å². The van der Waals surface area contributed by atoms with Crippen LogP contribution in [0.5, 0.6) is 0 Å². The first kappa shape index (κ1) is 30.0. The third kappa shape index (κ3) is 16.8. The Balaban J connectivity index is 0. The minimum absolute atomic E-state index is 0. The zero-order valence-corrected chi connectivity index (χ0v) is 20.6. The van der Waals surface area contributed by atoms with Crippen molar-refractivity contribution >= 4 is 51.6 Å². The van der Waals surface area contributed by atoms with E-state index in [1.54, 1.807) is 0 Å². The van der Waals surface area contributed by atoms with Gasteiger partial charge < -0.3 is 9.47 Å². The molecule has 0 saturated heterocycles. The molecule has 0 aliphatic rings. The minimum Gasteiger partial charge on any atom is -0.466 e. The van der Waals surface area contributed by atoms with Crippen molar-refractivity contribution in [1.82, 2.24) is 0 Å². The van der Waals surface area contributed by atoms with Crippen LogP contribution < -0.4 is 0 Å². The number of carbonyl (C=O) groups is 2. The Hall–Kier alpha value is -0.150. The topological polar surface area (TPSA) is 107 Å². The molecule has 0 bridgehead atoms. The molecule has 1 atom stereocenters. The second-order valence-corrected chi connectivity index (χ2v) is 8.38. The van der Waals surface area contributed by atoms with Crippen LogP contribution in [0.15, 0.2) is 0 Å². The van der Waals surface area contributed by atoms with E-state index in [1.165, 1.54) is 25.7 Å². The van der Waals surface area contributed by atoms with Gasteiger partial charge in [0.2, 0.25) is 0 Å². The summed E-state index contributed by atoms with van der Waals surface area (Å²) in [5.41, 5.74) is 0. The quantitative estimate of drug-likeness (QED) is 0.162. The predicted molar refractivity (Wildman–Crippen MR) is 110 cm³/mol. The molecule has 1 radical (unpaired) electrons. The van der Waals surface area contributed by atoms with Crippen LogP contribution >= 0.6 is 0 Å². The number of hydrogen-bond acceptors (Lipinski definition) is 6. The number of rotatable bonds is 17. The number of esters is 2. The van der Waals surface area contributed by atoms with Gasteiger partial charge in [0, 0.05) is 29.6 Å². The molecule has 0 aromatic rings. The maximum atomic E-state index is 11.8. The summed E-state index contributed by atoms with van der Waals surface area (Å²) in [5, 5.41) is -1.93. The molecule has 1 N–H and O–H groups in total. The zero-order valence-electron chi connectivity index (χ0n) is 17.8. The number of carbonyl (C=O) groups excluding carboxylic acids is 2. The maximum absolute atomic E-state index is 11.8. The molecular weight excluding hydrogens is 395 g/mol. The zero-order chi connectivity index (χ0) is 20.5. The first-order chi connectivity index (χ1) is 12.8. The normalized spacial score (nSPS) is 12.1. The van der Waals surface area contributed by atoms with Crippen LogP contribution in [0, 0.1) is 0 Å². The molecule has 7 nitrogen and oxygen atoms in total. The van der Waals surface area contributed by atoms with Crippen molar-refractivity contribution < 1.29 is 32.0 Å². The van der Waals surface area contributed by atoms with Crippen LogP contribution in [0.25, 0.3) is 0 Å². The van der Waals surface area contributed by atoms with Crippen molar-refractivity contribution in [2.24, 2.45) is 0 Å². The van der Waals surface area contributed by atoms with Gasteiger partial charge in [0.1, 0.15) is 0 Å². The maximum Gasteiger partial charge on any atom is 0.327 e.